The van der Waals surface area contributed by atoms with Crippen molar-refractivity contribution in [1.29, 1.82) is 0 Å². The summed E-state index contributed by atoms with van der Waals surface area (Å²) in [6, 6.07) is 10.4. The van der Waals surface area contributed by atoms with Gasteiger partial charge in [0.1, 0.15) is 11.4 Å². The Morgan fingerprint density at radius 1 is 1.06 bits per heavy atom. The highest BCUT2D eigenvalue weighted by molar-refractivity contribution is 6.47. The number of methoxy groups -OCH3 is 3. The molecule has 32 heavy (non-hydrogen) atoms. The van der Waals surface area contributed by atoms with Crippen LogP contribution in [0.3, 0.4) is 0 Å². The van der Waals surface area contributed by atoms with Gasteiger partial charge in [0.05, 0.1) is 21.3 Å². The number of piperidine rings is 1. The molecular formula is C23H24ClN3O5. The fraction of sp³-hybridized carbons (Fsp3) is 0.348. The summed E-state index contributed by atoms with van der Waals surface area (Å²) < 4.78 is 16.0. The minimum atomic E-state index is -0.708. The van der Waals surface area contributed by atoms with E-state index in [1.54, 1.807) is 35.2 Å². The van der Waals surface area contributed by atoms with Gasteiger partial charge in [-0.15, -0.1) is 0 Å². The lowest BCUT2D eigenvalue weighted by Crippen LogP contribution is -2.52. The maximum atomic E-state index is 13.2. The van der Waals surface area contributed by atoms with Gasteiger partial charge in [-0.3, -0.25) is 14.6 Å². The van der Waals surface area contributed by atoms with Crippen molar-refractivity contribution in [3.8, 4) is 17.2 Å². The molecule has 0 saturated carbocycles. The number of likely N-dealkylation sites (tertiary alicyclic amines) is 1. The van der Waals surface area contributed by atoms with Gasteiger partial charge in [-0.05, 0) is 24.3 Å². The third kappa shape index (κ3) is 3.98. The Bertz CT molecular complexity index is 1070. The van der Waals surface area contributed by atoms with E-state index in [2.05, 4.69) is 5.32 Å². The molecule has 168 valence electrons. The van der Waals surface area contributed by atoms with Crippen molar-refractivity contribution in [2.24, 2.45) is 4.99 Å². The number of aliphatic imine (C=N–C) groups is 1. The molecule has 0 aliphatic carbocycles. The van der Waals surface area contributed by atoms with Crippen LogP contribution in [0, 0.1) is 0 Å². The van der Waals surface area contributed by atoms with Crippen molar-refractivity contribution < 1.29 is 23.8 Å². The van der Waals surface area contributed by atoms with E-state index in [1.165, 1.54) is 21.3 Å². The summed E-state index contributed by atoms with van der Waals surface area (Å²) in [6.07, 6.45) is 1.03. The number of halogens is 1. The first-order valence-corrected chi connectivity index (χ1v) is 10.5. The van der Waals surface area contributed by atoms with Crippen LogP contribution in [0.4, 0.5) is 0 Å². The summed E-state index contributed by atoms with van der Waals surface area (Å²) in [4.78, 5) is 32.2. The van der Waals surface area contributed by atoms with E-state index in [4.69, 9.17) is 30.8 Å². The Balaban J connectivity index is 1.52. The molecule has 8 nitrogen and oxygen atoms in total. The number of amides is 2. The number of ether oxygens (including phenoxy) is 3. The zero-order valence-electron chi connectivity index (χ0n) is 18.1. The highest BCUT2D eigenvalue weighted by atomic mass is 35.5. The normalized spacial score (nSPS) is 17.1. The fourth-order valence-electron chi connectivity index (χ4n) is 4.10. The van der Waals surface area contributed by atoms with Crippen LogP contribution in [-0.4, -0.2) is 62.5 Å². The molecule has 2 aromatic carbocycles. The smallest absolute Gasteiger partial charge is 0.272 e. The topological polar surface area (TPSA) is 89.5 Å². The highest BCUT2D eigenvalue weighted by Crippen LogP contribution is 2.39. The second-order valence-electron chi connectivity index (χ2n) is 7.66. The maximum absolute atomic E-state index is 13.2. The first-order valence-electron chi connectivity index (χ1n) is 10.2. The Labute approximate surface area is 191 Å². The molecule has 2 aromatic rings. The molecule has 2 aliphatic rings. The Morgan fingerprint density at radius 3 is 2.28 bits per heavy atom. The predicted octanol–water partition coefficient (Wildman–Crippen LogP) is 2.92. The van der Waals surface area contributed by atoms with Crippen LogP contribution >= 0.6 is 11.6 Å². The second-order valence-corrected chi connectivity index (χ2v) is 8.10. The summed E-state index contributed by atoms with van der Waals surface area (Å²) in [5, 5.41) is 3.55. The Hall–Kier alpha value is -3.26. The number of hydrogen-bond acceptors (Lipinski definition) is 6. The van der Waals surface area contributed by atoms with Crippen LogP contribution in [0.15, 0.2) is 41.4 Å². The second kappa shape index (κ2) is 8.70. The van der Waals surface area contributed by atoms with Crippen molar-refractivity contribution in [3.05, 3.63) is 52.5 Å². The predicted molar refractivity (Wildman–Crippen MR) is 120 cm³/mol. The maximum Gasteiger partial charge on any atom is 0.272 e. The molecule has 0 atom stereocenters. The average Bonchev–Trinajstić information content (AvgIpc) is 3.13. The van der Waals surface area contributed by atoms with Crippen molar-refractivity contribution in [2.75, 3.05) is 34.4 Å². The lowest BCUT2D eigenvalue weighted by Gasteiger charge is -2.37. The first-order chi connectivity index (χ1) is 15.4. The van der Waals surface area contributed by atoms with E-state index in [9.17, 15) is 9.59 Å². The zero-order valence-corrected chi connectivity index (χ0v) is 18.9. The molecular weight excluding hydrogens is 434 g/mol. The number of carbonyl (C=O) groups is 2. The minimum Gasteiger partial charge on any atom is -0.493 e. The molecule has 1 spiro atoms. The fourth-order valence-corrected chi connectivity index (χ4v) is 4.29. The molecule has 1 saturated heterocycles. The summed E-state index contributed by atoms with van der Waals surface area (Å²) in [5.41, 5.74) is 0.787. The van der Waals surface area contributed by atoms with Crippen LogP contribution in [-0.2, 0) is 4.79 Å². The monoisotopic (exact) mass is 457 g/mol. The van der Waals surface area contributed by atoms with E-state index < -0.39 is 5.66 Å². The van der Waals surface area contributed by atoms with E-state index in [0.717, 1.165) is 0 Å². The van der Waals surface area contributed by atoms with Gasteiger partial charge in [0, 0.05) is 42.1 Å². The van der Waals surface area contributed by atoms with Crippen LogP contribution in [0.2, 0.25) is 5.02 Å². The molecule has 0 bridgehead atoms. The first kappa shape index (κ1) is 22.0. The quantitative estimate of drug-likeness (QED) is 0.745. The van der Waals surface area contributed by atoms with E-state index >= 15 is 0 Å². The molecule has 9 heteroatoms. The molecule has 4 rings (SSSR count). The standard InChI is InChI=1S/C23H24ClN3O5/c1-30-17-12-15(13-18(31-2)20(17)32-3)22(29)27-9-7-23(8-10-27)25-19(21(28)26-23)14-5-4-6-16(24)11-14/h4-6,11-13H,7-10H2,1-3H3,(H,26,28). The van der Waals surface area contributed by atoms with Crippen LogP contribution < -0.4 is 19.5 Å². The summed E-state index contributed by atoms with van der Waals surface area (Å²) in [5.74, 6) is 0.893. The van der Waals surface area contributed by atoms with Crippen molar-refractivity contribution in [3.63, 3.8) is 0 Å². The average molecular weight is 458 g/mol. The van der Waals surface area contributed by atoms with E-state index in [0.29, 0.717) is 65.0 Å². The van der Waals surface area contributed by atoms with Crippen molar-refractivity contribution in [1.82, 2.24) is 10.2 Å². The Morgan fingerprint density at radius 2 is 1.72 bits per heavy atom. The number of nitrogens with one attached hydrogen (secondary N) is 1. The van der Waals surface area contributed by atoms with Gasteiger partial charge < -0.3 is 24.4 Å². The van der Waals surface area contributed by atoms with Gasteiger partial charge in [0.15, 0.2) is 11.5 Å². The summed E-state index contributed by atoms with van der Waals surface area (Å²) in [7, 11) is 4.53. The van der Waals surface area contributed by atoms with Gasteiger partial charge in [-0.25, -0.2) is 0 Å². The van der Waals surface area contributed by atoms with Gasteiger partial charge in [0.2, 0.25) is 5.75 Å². The number of rotatable bonds is 5. The van der Waals surface area contributed by atoms with E-state index in [1.807, 2.05) is 6.07 Å². The summed E-state index contributed by atoms with van der Waals surface area (Å²) >= 11 is 6.07. The van der Waals surface area contributed by atoms with Crippen molar-refractivity contribution in [2.45, 2.75) is 18.5 Å². The molecule has 0 unspecified atom stereocenters. The number of carbonyl (C=O) groups excluding carboxylic acids is 2. The largest absolute Gasteiger partial charge is 0.493 e. The Kier molecular flexibility index (Phi) is 5.97. The third-order valence-corrected chi connectivity index (χ3v) is 6.01. The molecule has 0 radical (unpaired) electrons. The number of benzene rings is 2. The van der Waals surface area contributed by atoms with Gasteiger partial charge in [0.25, 0.3) is 11.8 Å². The van der Waals surface area contributed by atoms with Crippen LogP contribution in [0.25, 0.3) is 0 Å². The number of nitrogens with zero attached hydrogens (tertiary/aromatic N) is 2. The van der Waals surface area contributed by atoms with Crippen molar-refractivity contribution >= 4 is 29.1 Å². The van der Waals surface area contributed by atoms with Crippen LogP contribution in [0.5, 0.6) is 17.2 Å². The SMILES string of the molecule is COc1cc(C(=O)N2CCC3(CC2)N=C(c2cccc(Cl)c2)C(=O)N3)cc(OC)c1OC. The molecule has 2 aliphatic heterocycles. The molecule has 2 amide bonds. The lowest BCUT2D eigenvalue weighted by atomic mass is 9.97. The number of hydrogen-bond donors (Lipinski definition) is 1. The van der Waals surface area contributed by atoms with Gasteiger partial charge >= 0.3 is 0 Å². The molecule has 2 heterocycles. The molecule has 0 aromatic heterocycles. The van der Waals surface area contributed by atoms with Gasteiger partial charge in [-0.1, -0.05) is 23.7 Å². The minimum absolute atomic E-state index is 0.150. The van der Waals surface area contributed by atoms with Crippen LogP contribution in [0.1, 0.15) is 28.8 Å². The van der Waals surface area contributed by atoms with E-state index in [-0.39, 0.29) is 11.8 Å². The summed E-state index contributed by atoms with van der Waals surface area (Å²) in [6.45, 7) is 0.893. The lowest BCUT2D eigenvalue weighted by molar-refractivity contribution is -0.115. The molecule has 1 N–H and O–H groups in total. The van der Waals surface area contributed by atoms with Gasteiger partial charge in [-0.2, -0.15) is 0 Å². The third-order valence-electron chi connectivity index (χ3n) is 5.77. The zero-order chi connectivity index (χ0) is 22.9. The highest BCUT2D eigenvalue weighted by Gasteiger charge is 2.43. The molecule has 1 fully saturated rings.